The van der Waals surface area contributed by atoms with E-state index in [-0.39, 0.29) is 24.0 Å². The maximum absolute atomic E-state index is 5.31. The van der Waals surface area contributed by atoms with E-state index in [1.807, 2.05) is 26.2 Å². The average Bonchev–Trinajstić information content (AvgIpc) is 3.04. The Balaban J connectivity index is 0.00000264. The monoisotopic (exact) mass is 428 g/mol. The topological polar surface area (TPSA) is 52.8 Å². The summed E-state index contributed by atoms with van der Waals surface area (Å²) in [6.45, 7) is 4.14. The molecule has 0 saturated heterocycles. The molecule has 1 aromatic carbocycles. The first-order valence-corrected chi connectivity index (χ1v) is 7.50. The summed E-state index contributed by atoms with van der Waals surface area (Å²) in [5.41, 5.74) is 2.37. The molecule has 0 aliphatic carbocycles. The number of hydrogen-bond acceptors (Lipinski definition) is 3. The molecular formula is C17H25IN4O. The summed E-state index contributed by atoms with van der Waals surface area (Å²) in [6, 6.07) is 12.2. The maximum Gasteiger partial charge on any atom is 0.191 e. The maximum atomic E-state index is 5.31. The van der Waals surface area contributed by atoms with Crippen LogP contribution in [0.15, 0.2) is 52.1 Å². The van der Waals surface area contributed by atoms with E-state index in [0.717, 1.165) is 18.3 Å². The molecule has 0 amide bonds. The van der Waals surface area contributed by atoms with Crippen LogP contribution in [0.1, 0.15) is 18.2 Å². The normalized spacial score (nSPS) is 10.8. The standard InChI is InChI=1S/C17H24N4O.HI/c1-4-18-17(20-13-16-6-5-11-22-16)19-12-14-7-9-15(10-8-14)21(2)3;/h5-11H,4,12-13H2,1-3H3,(H2,18,19,20);1H. The summed E-state index contributed by atoms with van der Waals surface area (Å²) in [5.74, 6) is 1.68. The van der Waals surface area contributed by atoms with Gasteiger partial charge in [-0.05, 0) is 36.8 Å². The second kappa shape index (κ2) is 10.1. The molecule has 0 bridgehead atoms. The Kier molecular flexibility index (Phi) is 8.53. The first kappa shape index (κ1) is 19.3. The van der Waals surface area contributed by atoms with Gasteiger partial charge in [-0.3, -0.25) is 0 Å². The Labute approximate surface area is 155 Å². The van der Waals surface area contributed by atoms with Gasteiger partial charge in [0.05, 0.1) is 19.4 Å². The lowest BCUT2D eigenvalue weighted by atomic mass is 10.2. The van der Waals surface area contributed by atoms with Gasteiger partial charge in [-0.2, -0.15) is 0 Å². The van der Waals surface area contributed by atoms with Crippen molar-refractivity contribution in [3.8, 4) is 0 Å². The van der Waals surface area contributed by atoms with Crippen molar-refractivity contribution in [2.24, 2.45) is 4.99 Å². The zero-order chi connectivity index (χ0) is 15.8. The lowest BCUT2D eigenvalue weighted by molar-refractivity contribution is 0.501. The SMILES string of the molecule is CCNC(=NCc1ccc(N(C)C)cc1)NCc1ccco1.I. The molecule has 0 spiro atoms. The molecule has 1 aromatic heterocycles. The zero-order valence-corrected chi connectivity index (χ0v) is 16.2. The summed E-state index contributed by atoms with van der Waals surface area (Å²) in [7, 11) is 4.07. The minimum absolute atomic E-state index is 0. The lowest BCUT2D eigenvalue weighted by Gasteiger charge is -2.13. The van der Waals surface area contributed by atoms with Crippen LogP contribution in [0.25, 0.3) is 0 Å². The summed E-state index contributed by atoms with van der Waals surface area (Å²) < 4.78 is 5.31. The summed E-state index contributed by atoms with van der Waals surface area (Å²) in [6.07, 6.45) is 1.67. The fourth-order valence-corrected chi connectivity index (χ4v) is 2.00. The molecular weight excluding hydrogens is 403 g/mol. The number of benzene rings is 1. The number of hydrogen-bond donors (Lipinski definition) is 2. The molecule has 0 atom stereocenters. The third kappa shape index (κ3) is 6.52. The smallest absolute Gasteiger partial charge is 0.191 e. The molecule has 0 aliphatic heterocycles. The van der Waals surface area contributed by atoms with Gasteiger partial charge in [-0.1, -0.05) is 12.1 Å². The summed E-state index contributed by atoms with van der Waals surface area (Å²) in [4.78, 5) is 6.68. The van der Waals surface area contributed by atoms with E-state index in [1.54, 1.807) is 6.26 Å². The van der Waals surface area contributed by atoms with Crippen molar-refractivity contribution in [2.75, 3.05) is 25.5 Å². The van der Waals surface area contributed by atoms with Gasteiger partial charge in [0.2, 0.25) is 0 Å². The van der Waals surface area contributed by atoms with Gasteiger partial charge in [-0.15, -0.1) is 24.0 Å². The fraction of sp³-hybridized carbons (Fsp3) is 0.353. The number of halogens is 1. The number of nitrogens with zero attached hydrogens (tertiary/aromatic N) is 2. The van der Waals surface area contributed by atoms with Crippen molar-refractivity contribution in [1.82, 2.24) is 10.6 Å². The van der Waals surface area contributed by atoms with E-state index in [4.69, 9.17) is 4.42 Å². The predicted molar refractivity (Wildman–Crippen MR) is 107 cm³/mol. The van der Waals surface area contributed by atoms with Gasteiger partial charge in [0.15, 0.2) is 5.96 Å². The second-order valence-electron chi connectivity index (χ2n) is 5.19. The molecule has 5 nitrogen and oxygen atoms in total. The molecule has 23 heavy (non-hydrogen) atoms. The third-order valence-electron chi connectivity index (χ3n) is 3.23. The van der Waals surface area contributed by atoms with E-state index in [1.165, 1.54) is 11.3 Å². The molecule has 0 unspecified atom stereocenters. The minimum atomic E-state index is 0. The molecule has 1 heterocycles. The Morgan fingerprint density at radius 3 is 2.43 bits per heavy atom. The van der Waals surface area contributed by atoms with Crippen LogP contribution in [0.2, 0.25) is 0 Å². The first-order valence-electron chi connectivity index (χ1n) is 7.50. The Morgan fingerprint density at radius 1 is 1.13 bits per heavy atom. The van der Waals surface area contributed by atoms with Crippen molar-refractivity contribution < 1.29 is 4.42 Å². The van der Waals surface area contributed by atoms with Crippen molar-refractivity contribution in [2.45, 2.75) is 20.0 Å². The van der Waals surface area contributed by atoms with Gasteiger partial charge in [0, 0.05) is 26.3 Å². The highest BCUT2D eigenvalue weighted by Gasteiger charge is 2.00. The average molecular weight is 428 g/mol. The molecule has 2 aromatic rings. The van der Waals surface area contributed by atoms with Crippen molar-refractivity contribution >= 4 is 35.6 Å². The van der Waals surface area contributed by atoms with Crippen LogP contribution in [0.3, 0.4) is 0 Å². The number of aliphatic imine (C=N–C) groups is 1. The number of nitrogens with one attached hydrogen (secondary N) is 2. The van der Waals surface area contributed by atoms with Crippen molar-refractivity contribution in [3.63, 3.8) is 0 Å². The fourth-order valence-electron chi connectivity index (χ4n) is 2.00. The lowest BCUT2D eigenvalue weighted by Crippen LogP contribution is -2.36. The number of guanidine groups is 1. The van der Waals surface area contributed by atoms with Gasteiger partial charge in [-0.25, -0.2) is 4.99 Å². The quantitative estimate of drug-likeness (QED) is 0.422. The van der Waals surface area contributed by atoms with Crippen LogP contribution in [0, 0.1) is 0 Å². The Morgan fingerprint density at radius 2 is 1.87 bits per heavy atom. The molecule has 2 N–H and O–H groups in total. The second-order valence-corrected chi connectivity index (χ2v) is 5.19. The third-order valence-corrected chi connectivity index (χ3v) is 3.23. The molecule has 0 aliphatic rings. The van der Waals surface area contributed by atoms with Gasteiger partial charge in [0.1, 0.15) is 5.76 Å². The molecule has 126 valence electrons. The van der Waals surface area contributed by atoms with Crippen molar-refractivity contribution in [1.29, 1.82) is 0 Å². The highest BCUT2D eigenvalue weighted by molar-refractivity contribution is 14.0. The number of rotatable bonds is 6. The van der Waals surface area contributed by atoms with Crippen LogP contribution in [0.4, 0.5) is 5.69 Å². The highest BCUT2D eigenvalue weighted by atomic mass is 127. The molecule has 2 rings (SSSR count). The molecule has 0 saturated carbocycles. The Hall–Kier alpha value is -1.70. The minimum Gasteiger partial charge on any atom is -0.467 e. The van der Waals surface area contributed by atoms with Gasteiger partial charge in [0.25, 0.3) is 0 Å². The van der Waals surface area contributed by atoms with E-state index in [9.17, 15) is 0 Å². The van der Waals surface area contributed by atoms with E-state index in [2.05, 4.69) is 51.7 Å². The van der Waals surface area contributed by atoms with Gasteiger partial charge >= 0.3 is 0 Å². The molecule has 0 radical (unpaired) electrons. The summed E-state index contributed by atoms with van der Waals surface area (Å²) >= 11 is 0. The van der Waals surface area contributed by atoms with Crippen molar-refractivity contribution in [3.05, 3.63) is 54.0 Å². The Bertz CT molecular complexity index is 579. The number of anilines is 1. The van der Waals surface area contributed by atoms with Crippen LogP contribution in [-0.4, -0.2) is 26.6 Å². The summed E-state index contributed by atoms with van der Waals surface area (Å²) in [5, 5.41) is 6.49. The van der Waals surface area contributed by atoms with Crippen LogP contribution < -0.4 is 15.5 Å². The van der Waals surface area contributed by atoms with Crippen LogP contribution in [-0.2, 0) is 13.1 Å². The van der Waals surface area contributed by atoms with Gasteiger partial charge < -0.3 is 20.0 Å². The molecule has 0 fully saturated rings. The number of furan rings is 1. The first-order chi connectivity index (χ1) is 10.7. The molecule has 6 heteroatoms. The van der Waals surface area contributed by atoms with E-state index in [0.29, 0.717) is 13.1 Å². The van der Waals surface area contributed by atoms with Crippen LogP contribution in [0.5, 0.6) is 0 Å². The zero-order valence-electron chi connectivity index (χ0n) is 13.9. The van der Waals surface area contributed by atoms with Crippen LogP contribution >= 0.6 is 24.0 Å². The predicted octanol–water partition coefficient (Wildman–Crippen LogP) is 3.22. The highest BCUT2D eigenvalue weighted by Crippen LogP contribution is 2.12. The van der Waals surface area contributed by atoms with E-state index >= 15 is 0 Å². The largest absolute Gasteiger partial charge is 0.467 e. The van der Waals surface area contributed by atoms with E-state index < -0.39 is 0 Å².